The van der Waals surface area contributed by atoms with E-state index in [9.17, 15) is 32.4 Å². The molecule has 54 heavy (non-hydrogen) atoms. The van der Waals surface area contributed by atoms with Crippen LogP contribution in [0, 0.1) is 28.1 Å². The first-order valence-electron chi connectivity index (χ1n) is 19.4. The van der Waals surface area contributed by atoms with Gasteiger partial charge in [-0.05, 0) is 58.8 Å². The molecule has 2 aliphatic heterocycles. The number of amides is 5. The van der Waals surface area contributed by atoms with Crippen molar-refractivity contribution >= 4 is 50.9 Å². The average molecular weight is 789 g/mol. The first-order chi connectivity index (χ1) is 25.3. The summed E-state index contributed by atoms with van der Waals surface area (Å²) in [6, 6.07) is -2.43. The van der Waals surface area contributed by atoms with Gasteiger partial charge in [-0.1, -0.05) is 86.6 Å². The minimum Gasteiger partial charge on any atom is -0.346 e. The fourth-order valence-corrected chi connectivity index (χ4v) is 11.7. The molecule has 2 aliphatic carbocycles. The molecule has 1 unspecified atom stereocenters. The molecule has 5 amide bonds. The minimum absolute atomic E-state index is 0.0578. The molecule has 15 heteroatoms. The zero-order chi connectivity index (χ0) is 39.8. The fraction of sp³-hybridized carbons (Fsp3) is 0.718. The van der Waals surface area contributed by atoms with E-state index in [1.54, 1.807) is 16.3 Å². The summed E-state index contributed by atoms with van der Waals surface area (Å²) in [5.41, 5.74) is -1.34. The van der Waals surface area contributed by atoms with Crippen molar-refractivity contribution in [1.82, 2.24) is 30.5 Å². The van der Waals surface area contributed by atoms with Crippen molar-refractivity contribution in [2.45, 2.75) is 135 Å². The highest BCUT2D eigenvalue weighted by atomic mass is 32.2. The van der Waals surface area contributed by atoms with Crippen molar-refractivity contribution in [3.05, 3.63) is 29.0 Å². The summed E-state index contributed by atoms with van der Waals surface area (Å²) in [4.78, 5) is 71.8. The van der Waals surface area contributed by atoms with E-state index in [0.29, 0.717) is 30.7 Å². The number of urea groups is 1. The molecule has 0 radical (unpaired) electrons. The van der Waals surface area contributed by atoms with Gasteiger partial charge in [0.1, 0.15) is 12.1 Å². The number of rotatable bonds is 15. The van der Waals surface area contributed by atoms with Crippen molar-refractivity contribution < 1.29 is 32.4 Å². The Kier molecular flexibility index (Phi) is 12.4. The summed E-state index contributed by atoms with van der Waals surface area (Å²) in [6.45, 7) is 18.3. The molecule has 1 aromatic rings. The molecule has 1 aromatic heterocycles. The lowest BCUT2D eigenvalue weighted by molar-refractivity contribution is -0.146. The van der Waals surface area contributed by atoms with E-state index >= 15 is 0 Å². The largest absolute Gasteiger partial charge is 0.346 e. The number of carbonyl (C=O) groups excluding carboxylic acids is 5. The third-order valence-corrected chi connectivity index (χ3v) is 15.4. The lowest BCUT2D eigenvalue weighted by atomic mass is 9.70. The molecule has 0 spiro atoms. The van der Waals surface area contributed by atoms with Gasteiger partial charge in [0, 0.05) is 37.1 Å². The van der Waals surface area contributed by atoms with Crippen LogP contribution >= 0.6 is 11.3 Å². The van der Waals surface area contributed by atoms with Gasteiger partial charge in [-0.15, -0.1) is 17.9 Å². The van der Waals surface area contributed by atoms with Gasteiger partial charge in [-0.25, -0.2) is 13.2 Å². The molecule has 3 heterocycles. The molecular formula is C39H60N6O7S2. The van der Waals surface area contributed by atoms with Crippen LogP contribution < -0.4 is 21.3 Å². The second-order valence-corrected chi connectivity index (χ2v) is 20.6. The second kappa shape index (κ2) is 16.0. The van der Waals surface area contributed by atoms with Crippen LogP contribution in [0.25, 0.3) is 0 Å². The standard InChI is InChI=1S/C39H60N6O7S2/c1-9-11-15-25(31(46)34(48)40-19-10-2)41-33(47)30-29-24(38(29,6)7)21-45(30)35(49)32(39(8)17-13-12-14-18-39)43-36(50)42-28(37(3,4)5)23-44-22-26-27(16-20-53-26)54(44,51)52/h10,16,20,24-25,28-30,32H,2,9,11-15,17-19,21-23H2,1,3-8H3,(H,40,48)(H,41,47)(H2,42,43,50)/t24-,25?,28+,29-,30-,32+/m0/s1. The minimum atomic E-state index is -3.70. The van der Waals surface area contributed by atoms with Crippen molar-refractivity contribution in [3.8, 4) is 0 Å². The number of hydrogen-bond donors (Lipinski definition) is 4. The van der Waals surface area contributed by atoms with E-state index in [0.717, 1.165) is 30.6 Å². The maximum absolute atomic E-state index is 14.9. The highest BCUT2D eigenvalue weighted by Gasteiger charge is 2.70. The van der Waals surface area contributed by atoms with Crippen molar-refractivity contribution in [2.75, 3.05) is 19.6 Å². The van der Waals surface area contributed by atoms with Gasteiger partial charge in [-0.2, -0.15) is 4.31 Å². The Bertz CT molecular complexity index is 1730. The van der Waals surface area contributed by atoms with Crippen LogP contribution in [0.4, 0.5) is 4.79 Å². The highest BCUT2D eigenvalue weighted by Crippen LogP contribution is 2.65. The number of carbonyl (C=O) groups is 5. The summed E-state index contributed by atoms with van der Waals surface area (Å²) >= 11 is 1.39. The molecule has 5 rings (SSSR count). The van der Waals surface area contributed by atoms with Crippen LogP contribution in [0.5, 0.6) is 0 Å². The predicted molar refractivity (Wildman–Crippen MR) is 208 cm³/mol. The average Bonchev–Trinajstić information content (AvgIpc) is 3.56. The normalized spacial score (nSPS) is 25.3. The van der Waals surface area contributed by atoms with Gasteiger partial charge < -0.3 is 26.2 Å². The number of unbranched alkanes of at least 4 members (excludes halogenated alkanes) is 1. The van der Waals surface area contributed by atoms with Crippen molar-refractivity contribution in [1.29, 1.82) is 0 Å². The number of nitrogens with zero attached hydrogens (tertiary/aromatic N) is 2. The summed E-state index contributed by atoms with van der Waals surface area (Å²) in [7, 11) is -3.70. The van der Waals surface area contributed by atoms with Crippen LogP contribution in [0.3, 0.4) is 0 Å². The molecular weight excluding hydrogens is 729 g/mol. The van der Waals surface area contributed by atoms with Gasteiger partial charge in [-0.3, -0.25) is 19.2 Å². The molecule has 13 nitrogen and oxygen atoms in total. The Morgan fingerprint density at radius 1 is 1.06 bits per heavy atom. The van der Waals surface area contributed by atoms with Gasteiger partial charge >= 0.3 is 6.03 Å². The third-order valence-electron chi connectivity index (χ3n) is 12.5. The Balaban J connectivity index is 1.38. The first kappa shape index (κ1) is 41.9. The van der Waals surface area contributed by atoms with E-state index in [2.05, 4.69) is 41.7 Å². The lowest BCUT2D eigenvalue weighted by Gasteiger charge is -2.43. The Morgan fingerprint density at radius 2 is 1.74 bits per heavy atom. The summed E-state index contributed by atoms with van der Waals surface area (Å²) in [5.74, 6) is -2.45. The van der Waals surface area contributed by atoms with Crippen molar-refractivity contribution in [3.63, 3.8) is 0 Å². The monoisotopic (exact) mass is 788 g/mol. The van der Waals surface area contributed by atoms with E-state index in [1.807, 2.05) is 34.6 Å². The van der Waals surface area contributed by atoms with Crippen LogP contribution in [-0.2, 0) is 35.7 Å². The topological polar surface area (TPSA) is 174 Å². The molecule has 3 fully saturated rings. The summed E-state index contributed by atoms with van der Waals surface area (Å²) < 4.78 is 28.1. The van der Waals surface area contributed by atoms with E-state index in [1.165, 1.54) is 21.7 Å². The number of ketones is 1. The number of piperidine rings is 1. The summed E-state index contributed by atoms with van der Waals surface area (Å²) in [5, 5.41) is 13.2. The van der Waals surface area contributed by atoms with Crippen LogP contribution in [0.15, 0.2) is 29.0 Å². The Hall–Kier alpha value is -3.30. The second-order valence-electron chi connectivity index (χ2n) is 17.6. The predicted octanol–water partition coefficient (Wildman–Crippen LogP) is 4.33. The number of sulfonamides is 1. The van der Waals surface area contributed by atoms with Gasteiger partial charge in [0.15, 0.2) is 0 Å². The number of likely N-dealkylation sites (tertiary alicyclic amines) is 1. The third kappa shape index (κ3) is 8.42. The number of thiophene rings is 1. The smallest absolute Gasteiger partial charge is 0.315 e. The highest BCUT2D eigenvalue weighted by molar-refractivity contribution is 7.89. The van der Waals surface area contributed by atoms with Gasteiger partial charge in [0.2, 0.25) is 27.6 Å². The summed E-state index contributed by atoms with van der Waals surface area (Å²) in [6.07, 6.45) is 7.34. The lowest BCUT2D eigenvalue weighted by Crippen LogP contribution is -2.63. The molecule has 4 N–H and O–H groups in total. The zero-order valence-electron chi connectivity index (χ0n) is 33.0. The SMILES string of the molecule is C=CCNC(=O)C(=O)C(CCCC)NC(=O)[C@@H]1[C@@H]2[C@H](CN1C(=O)[C@@H](NC(=O)N[C@H](CN1Cc3sccc3S1(=O)=O)C(C)(C)C)C1(C)CCCCC1)C2(C)C. The van der Waals surface area contributed by atoms with Crippen LogP contribution in [-0.4, -0.2) is 91.0 Å². The Morgan fingerprint density at radius 3 is 2.35 bits per heavy atom. The molecule has 2 saturated carbocycles. The first-order valence-corrected chi connectivity index (χ1v) is 21.8. The maximum atomic E-state index is 14.9. The van der Waals surface area contributed by atoms with Crippen LogP contribution in [0.1, 0.15) is 105 Å². The van der Waals surface area contributed by atoms with Crippen LogP contribution in [0.2, 0.25) is 0 Å². The fourth-order valence-electron chi connectivity index (χ4n) is 8.80. The maximum Gasteiger partial charge on any atom is 0.315 e. The van der Waals surface area contributed by atoms with E-state index < -0.39 is 68.6 Å². The zero-order valence-corrected chi connectivity index (χ0v) is 34.6. The van der Waals surface area contributed by atoms with Gasteiger partial charge in [0.05, 0.1) is 10.9 Å². The van der Waals surface area contributed by atoms with E-state index in [4.69, 9.17) is 0 Å². The Labute approximate surface area is 324 Å². The molecule has 4 aliphatic rings. The van der Waals surface area contributed by atoms with Crippen molar-refractivity contribution in [2.24, 2.45) is 28.1 Å². The quantitative estimate of drug-likeness (QED) is 0.151. The number of fused-ring (bicyclic) bond motifs is 2. The molecule has 0 aromatic carbocycles. The van der Waals surface area contributed by atoms with E-state index in [-0.39, 0.29) is 49.2 Å². The molecule has 300 valence electrons. The van der Waals surface area contributed by atoms with Gasteiger partial charge in [0.25, 0.3) is 5.91 Å². The number of hydrogen-bond acceptors (Lipinski definition) is 8. The molecule has 6 atom stereocenters. The molecule has 1 saturated heterocycles. The number of nitrogens with one attached hydrogen (secondary N) is 4. The number of Topliss-reactive ketones (excluding diaryl/α,β-unsaturated/α-hetero) is 1. The molecule has 0 bridgehead atoms.